The number of hydrogen-bond donors (Lipinski definition) is 2. The van der Waals surface area contributed by atoms with Crippen LogP contribution in [-0.4, -0.2) is 17.8 Å². The average molecular weight is 259 g/mol. The maximum Gasteiger partial charge on any atom is 0.390 e. The fraction of sp³-hybridized carbons (Fsp3) is 0.538. The third-order valence-corrected chi connectivity index (χ3v) is 3.24. The number of halogens is 3. The second kappa shape index (κ2) is 5.18. The number of phenols is 1. The standard InChI is InChI=1S/C13H16F3NO/c14-13(15,16)6-7-17-12-3-1-2-9-8-10(18)4-5-11(9)12/h4-5,8,12,17-18H,1-3,6-7H2. The number of phenolic OH excluding ortho intramolecular Hbond substituents is 1. The lowest BCUT2D eigenvalue weighted by Gasteiger charge is -2.26. The van der Waals surface area contributed by atoms with E-state index in [1.807, 2.05) is 0 Å². The van der Waals surface area contributed by atoms with Gasteiger partial charge >= 0.3 is 6.18 Å². The van der Waals surface area contributed by atoms with Crippen LogP contribution in [0.15, 0.2) is 18.2 Å². The van der Waals surface area contributed by atoms with Gasteiger partial charge in [-0.3, -0.25) is 0 Å². The van der Waals surface area contributed by atoms with Crippen molar-refractivity contribution in [3.05, 3.63) is 29.3 Å². The highest BCUT2D eigenvalue weighted by molar-refractivity contribution is 5.38. The molecule has 1 aliphatic rings. The lowest BCUT2D eigenvalue weighted by molar-refractivity contribution is -0.133. The summed E-state index contributed by atoms with van der Waals surface area (Å²) in [4.78, 5) is 0. The van der Waals surface area contributed by atoms with Crippen molar-refractivity contribution in [2.45, 2.75) is 37.9 Å². The Morgan fingerprint density at radius 3 is 2.83 bits per heavy atom. The fourth-order valence-corrected chi connectivity index (χ4v) is 2.40. The third kappa shape index (κ3) is 3.38. The van der Waals surface area contributed by atoms with Crippen LogP contribution in [0.2, 0.25) is 0 Å². The summed E-state index contributed by atoms with van der Waals surface area (Å²) in [6.45, 7) is -0.0610. The minimum absolute atomic E-state index is 0.0308. The Morgan fingerprint density at radius 2 is 2.11 bits per heavy atom. The number of hydrogen-bond acceptors (Lipinski definition) is 2. The van der Waals surface area contributed by atoms with E-state index < -0.39 is 12.6 Å². The highest BCUT2D eigenvalue weighted by Gasteiger charge is 2.27. The van der Waals surface area contributed by atoms with Crippen LogP contribution in [0, 0.1) is 0 Å². The number of fused-ring (bicyclic) bond motifs is 1. The lowest BCUT2D eigenvalue weighted by Crippen LogP contribution is -2.28. The molecule has 1 aliphatic carbocycles. The molecule has 2 N–H and O–H groups in total. The van der Waals surface area contributed by atoms with Crippen molar-refractivity contribution in [3.8, 4) is 5.75 Å². The van der Waals surface area contributed by atoms with Crippen molar-refractivity contribution in [1.29, 1.82) is 0 Å². The van der Waals surface area contributed by atoms with Crippen LogP contribution in [0.5, 0.6) is 5.75 Å². The molecule has 0 spiro atoms. The molecule has 18 heavy (non-hydrogen) atoms. The molecule has 2 rings (SSSR count). The van der Waals surface area contributed by atoms with Crippen LogP contribution < -0.4 is 5.32 Å². The maximum atomic E-state index is 12.1. The smallest absolute Gasteiger partial charge is 0.390 e. The van der Waals surface area contributed by atoms with E-state index in [2.05, 4.69) is 5.32 Å². The van der Waals surface area contributed by atoms with Crippen molar-refractivity contribution in [2.75, 3.05) is 6.54 Å². The van der Waals surface area contributed by atoms with Crippen molar-refractivity contribution < 1.29 is 18.3 Å². The van der Waals surface area contributed by atoms with Crippen LogP contribution in [-0.2, 0) is 6.42 Å². The molecular formula is C13H16F3NO. The van der Waals surface area contributed by atoms with Gasteiger partial charge in [-0.05, 0) is 42.5 Å². The highest BCUT2D eigenvalue weighted by atomic mass is 19.4. The van der Waals surface area contributed by atoms with E-state index in [1.54, 1.807) is 18.2 Å². The molecule has 2 nitrogen and oxygen atoms in total. The van der Waals surface area contributed by atoms with Gasteiger partial charge in [-0.25, -0.2) is 0 Å². The molecule has 5 heteroatoms. The predicted octanol–water partition coefficient (Wildman–Crippen LogP) is 3.31. The number of alkyl halides is 3. The molecule has 0 fully saturated rings. The van der Waals surface area contributed by atoms with Gasteiger partial charge in [0, 0.05) is 12.6 Å². The summed E-state index contributed by atoms with van der Waals surface area (Å²) >= 11 is 0. The second-order valence-electron chi connectivity index (χ2n) is 4.65. The van der Waals surface area contributed by atoms with Crippen LogP contribution in [0.25, 0.3) is 0 Å². The molecule has 1 unspecified atom stereocenters. The van der Waals surface area contributed by atoms with Gasteiger partial charge in [0.25, 0.3) is 0 Å². The molecule has 0 aliphatic heterocycles. The number of nitrogens with one attached hydrogen (secondary N) is 1. The van der Waals surface area contributed by atoms with E-state index in [-0.39, 0.29) is 18.3 Å². The van der Waals surface area contributed by atoms with Gasteiger partial charge in [-0.15, -0.1) is 0 Å². The minimum atomic E-state index is -4.11. The van der Waals surface area contributed by atoms with Crippen molar-refractivity contribution in [1.82, 2.24) is 5.32 Å². The van der Waals surface area contributed by atoms with E-state index in [0.717, 1.165) is 30.4 Å². The molecule has 0 radical (unpaired) electrons. The molecular weight excluding hydrogens is 243 g/mol. The molecule has 0 saturated heterocycles. The van der Waals surface area contributed by atoms with Gasteiger partial charge < -0.3 is 10.4 Å². The molecule has 1 atom stereocenters. The molecule has 0 amide bonds. The Kier molecular flexibility index (Phi) is 3.80. The minimum Gasteiger partial charge on any atom is -0.508 e. The van der Waals surface area contributed by atoms with Crippen LogP contribution in [0.1, 0.15) is 36.4 Å². The zero-order valence-corrected chi connectivity index (χ0v) is 9.93. The van der Waals surface area contributed by atoms with E-state index in [9.17, 15) is 18.3 Å². The van der Waals surface area contributed by atoms with E-state index in [4.69, 9.17) is 0 Å². The summed E-state index contributed by atoms with van der Waals surface area (Å²) in [5.41, 5.74) is 2.05. The molecule has 0 heterocycles. The molecule has 100 valence electrons. The summed E-state index contributed by atoms with van der Waals surface area (Å²) in [6.07, 6.45) is -2.27. The zero-order chi connectivity index (χ0) is 13.2. The van der Waals surface area contributed by atoms with Crippen LogP contribution in [0.3, 0.4) is 0 Å². The number of rotatable bonds is 3. The predicted molar refractivity (Wildman–Crippen MR) is 62.5 cm³/mol. The molecule has 0 aromatic heterocycles. The highest BCUT2D eigenvalue weighted by Crippen LogP contribution is 2.32. The van der Waals surface area contributed by atoms with Gasteiger partial charge in [-0.2, -0.15) is 13.2 Å². The quantitative estimate of drug-likeness (QED) is 0.872. The monoisotopic (exact) mass is 259 g/mol. The summed E-state index contributed by atoms with van der Waals surface area (Å²) in [7, 11) is 0. The van der Waals surface area contributed by atoms with Gasteiger partial charge in [0.15, 0.2) is 0 Å². The van der Waals surface area contributed by atoms with Crippen molar-refractivity contribution in [3.63, 3.8) is 0 Å². The fourth-order valence-electron chi connectivity index (χ4n) is 2.40. The number of aryl methyl sites for hydroxylation is 1. The Bertz CT molecular complexity index is 417. The Labute approximate surface area is 104 Å². The number of aromatic hydroxyl groups is 1. The van der Waals surface area contributed by atoms with E-state index in [0.29, 0.717) is 0 Å². The topological polar surface area (TPSA) is 32.3 Å². The normalized spacial score (nSPS) is 19.6. The van der Waals surface area contributed by atoms with Gasteiger partial charge in [0.2, 0.25) is 0 Å². The third-order valence-electron chi connectivity index (χ3n) is 3.24. The molecule has 0 saturated carbocycles. The Balaban J connectivity index is 2.00. The molecule has 0 bridgehead atoms. The zero-order valence-electron chi connectivity index (χ0n) is 9.93. The van der Waals surface area contributed by atoms with Gasteiger partial charge in [0.1, 0.15) is 5.75 Å². The average Bonchev–Trinajstić information content (AvgIpc) is 2.27. The summed E-state index contributed by atoms with van der Waals surface area (Å²) < 4.78 is 36.3. The first-order valence-corrected chi connectivity index (χ1v) is 6.07. The summed E-state index contributed by atoms with van der Waals surface area (Å²) in [6, 6.07) is 5.06. The second-order valence-corrected chi connectivity index (χ2v) is 4.65. The van der Waals surface area contributed by atoms with Gasteiger partial charge in [0.05, 0.1) is 6.42 Å². The lowest BCUT2D eigenvalue weighted by atomic mass is 9.87. The van der Waals surface area contributed by atoms with Crippen LogP contribution in [0.4, 0.5) is 13.2 Å². The van der Waals surface area contributed by atoms with Crippen molar-refractivity contribution in [2.24, 2.45) is 0 Å². The Morgan fingerprint density at radius 1 is 1.33 bits per heavy atom. The first-order valence-electron chi connectivity index (χ1n) is 6.07. The maximum absolute atomic E-state index is 12.1. The summed E-state index contributed by atoms with van der Waals surface area (Å²) in [5.74, 6) is 0.213. The molecule has 1 aromatic carbocycles. The largest absolute Gasteiger partial charge is 0.508 e. The first kappa shape index (κ1) is 13.2. The summed E-state index contributed by atoms with van der Waals surface area (Å²) in [5, 5.41) is 12.3. The van der Waals surface area contributed by atoms with E-state index in [1.165, 1.54) is 0 Å². The SMILES string of the molecule is Oc1ccc2c(c1)CCCC2NCCC(F)(F)F. The van der Waals surface area contributed by atoms with Crippen LogP contribution >= 0.6 is 0 Å². The van der Waals surface area contributed by atoms with Gasteiger partial charge in [-0.1, -0.05) is 6.07 Å². The Hall–Kier alpha value is -1.23. The van der Waals surface area contributed by atoms with E-state index >= 15 is 0 Å². The number of benzene rings is 1. The molecule has 1 aromatic rings. The van der Waals surface area contributed by atoms with Crippen molar-refractivity contribution >= 4 is 0 Å². The first-order chi connectivity index (χ1) is 8.46.